The average Bonchev–Trinajstić information content (AvgIpc) is 3.48. The van der Waals surface area contributed by atoms with Gasteiger partial charge in [-0.2, -0.15) is 0 Å². The molecule has 0 aromatic carbocycles. The third-order valence-electron chi connectivity index (χ3n) is 9.01. The van der Waals surface area contributed by atoms with Crippen LogP contribution in [0.15, 0.2) is 25.3 Å². The summed E-state index contributed by atoms with van der Waals surface area (Å²) in [6.07, 6.45) is -17.9. The number of carbonyl (C=O) groups is 8. The van der Waals surface area contributed by atoms with E-state index in [0.29, 0.717) is 0 Å². The maximum Gasteiger partial charge on any atom is 0.303 e. The molecule has 3 rings (SSSR count). The number of carbonyl (C=O) groups excluding carboxylic acids is 8. The van der Waals surface area contributed by atoms with Crippen molar-refractivity contribution in [3.05, 3.63) is 25.3 Å². The molecule has 0 bridgehead atoms. The van der Waals surface area contributed by atoms with Gasteiger partial charge in [0.1, 0.15) is 43.1 Å². The summed E-state index contributed by atoms with van der Waals surface area (Å²) < 4.78 is 69.9. The van der Waals surface area contributed by atoms with Crippen LogP contribution in [0.2, 0.25) is 0 Å². The van der Waals surface area contributed by atoms with Crippen LogP contribution in [0.3, 0.4) is 0 Å². The Morgan fingerprint density at radius 3 is 1.53 bits per heavy atom. The Morgan fingerprint density at radius 1 is 0.613 bits per heavy atom. The van der Waals surface area contributed by atoms with Gasteiger partial charge in [0, 0.05) is 48.5 Å². The molecular weight excluding hydrogens is 834 g/mol. The quantitative estimate of drug-likeness (QED) is 0.0525. The lowest BCUT2D eigenvalue weighted by atomic mass is 9.93. The molecule has 3 saturated heterocycles. The molecule has 15 atom stereocenters. The second-order valence-corrected chi connectivity index (χ2v) is 14.1. The zero-order valence-electron chi connectivity index (χ0n) is 35.2. The number of amides is 3. The molecule has 0 aliphatic carbocycles. The van der Waals surface area contributed by atoms with Gasteiger partial charge >= 0.3 is 29.8 Å². The minimum atomic E-state index is -1.78. The van der Waals surface area contributed by atoms with Crippen LogP contribution in [0.1, 0.15) is 48.5 Å². The molecule has 3 fully saturated rings. The fraction of sp³-hybridized carbons (Fsp3) is 0.684. The number of aliphatic hydroxyl groups is 1. The van der Waals surface area contributed by atoms with E-state index in [4.69, 9.17) is 62.6 Å². The summed E-state index contributed by atoms with van der Waals surface area (Å²) in [7, 11) is 0. The molecular formula is C38H55N3O21. The highest BCUT2D eigenvalue weighted by molar-refractivity contribution is 5.80. The number of esters is 5. The second kappa shape index (κ2) is 23.9. The van der Waals surface area contributed by atoms with E-state index in [0.717, 1.165) is 48.5 Å². The Morgan fingerprint density at radius 2 is 1.08 bits per heavy atom. The van der Waals surface area contributed by atoms with E-state index in [-0.39, 0.29) is 13.2 Å². The molecule has 0 radical (unpaired) electrons. The number of ether oxygens (including phenoxy) is 12. The Labute approximate surface area is 356 Å². The van der Waals surface area contributed by atoms with Crippen molar-refractivity contribution in [1.82, 2.24) is 10.6 Å². The number of rotatable bonds is 21. The van der Waals surface area contributed by atoms with Gasteiger partial charge < -0.3 is 78.3 Å². The van der Waals surface area contributed by atoms with Crippen LogP contribution in [0.25, 0.3) is 0 Å². The van der Waals surface area contributed by atoms with Gasteiger partial charge in [0.05, 0.1) is 19.8 Å². The molecule has 0 saturated carbocycles. The predicted octanol–water partition coefficient (Wildman–Crippen LogP) is -2.52. The zero-order chi connectivity index (χ0) is 46.4. The van der Waals surface area contributed by atoms with Crippen molar-refractivity contribution in [2.24, 2.45) is 5.73 Å². The molecule has 3 amide bonds. The maximum absolute atomic E-state index is 12.9. The lowest BCUT2D eigenvalue weighted by Gasteiger charge is -2.50. The van der Waals surface area contributed by atoms with E-state index in [1.807, 2.05) is 0 Å². The summed E-state index contributed by atoms with van der Waals surface area (Å²) in [6, 6.07) is -3.11. The lowest BCUT2D eigenvalue weighted by Crippen LogP contribution is -2.71. The Kier molecular flexibility index (Phi) is 19.8. The van der Waals surface area contributed by atoms with E-state index in [1.165, 1.54) is 12.2 Å². The largest absolute Gasteiger partial charge is 0.463 e. The number of nitrogens with two attached hydrogens (primary N) is 1. The van der Waals surface area contributed by atoms with Crippen LogP contribution in [0.4, 0.5) is 0 Å². The van der Waals surface area contributed by atoms with Crippen molar-refractivity contribution in [3.63, 3.8) is 0 Å². The van der Waals surface area contributed by atoms with E-state index in [2.05, 4.69) is 23.8 Å². The second-order valence-electron chi connectivity index (χ2n) is 14.1. The zero-order valence-corrected chi connectivity index (χ0v) is 35.2. The van der Waals surface area contributed by atoms with Crippen molar-refractivity contribution >= 4 is 47.6 Å². The molecule has 3 heterocycles. The lowest BCUT2D eigenvalue weighted by molar-refractivity contribution is -0.343. The molecule has 0 spiro atoms. The molecule has 24 heteroatoms. The molecule has 5 N–H and O–H groups in total. The fourth-order valence-electron chi connectivity index (χ4n) is 6.94. The van der Waals surface area contributed by atoms with Crippen LogP contribution < -0.4 is 16.4 Å². The van der Waals surface area contributed by atoms with Crippen LogP contribution in [0, 0.1) is 0 Å². The monoisotopic (exact) mass is 889 g/mol. The van der Waals surface area contributed by atoms with Crippen LogP contribution in [-0.2, 0) is 95.2 Å². The Hall–Kier alpha value is -5.08. The molecule has 1 unspecified atom stereocenters. The Balaban J connectivity index is 2.18. The number of hydrogen-bond donors (Lipinski definition) is 4. The summed E-state index contributed by atoms with van der Waals surface area (Å²) in [5.74, 6) is -6.84. The number of aliphatic hydroxyl groups excluding tert-OH is 1. The summed E-state index contributed by atoms with van der Waals surface area (Å²) >= 11 is 0. The molecule has 3 aliphatic heterocycles. The van der Waals surface area contributed by atoms with Gasteiger partial charge in [0.25, 0.3) is 0 Å². The minimum absolute atomic E-state index is 0.174. The summed E-state index contributed by atoms with van der Waals surface area (Å²) in [5, 5.41) is 15.9. The number of nitrogens with one attached hydrogen (secondary N) is 2. The first-order valence-corrected chi connectivity index (χ1v) is 19.2. The van der Waals surface area contributed by atoms with Gasteiger partial charge in [-0.1, -0.05) is 12.2 Å². The maximum atomic E-state index is 12.9. The third kappa shape index (κ3) is 14.2. The molecule has 62 heavy (non-hydrogen) atoms. The van der Waals surface area contributed by atoms with Gasteiger partial charge in [-0.3, -0.25) is 38.4 Å². The Bertz CT molecular complexity index is 1640. The molecule has 24 nitrogen and oxygen atoms in total. The minimum Gasteiger partial charge on any atom is -0.463 e. The van der Waals surface area contributed by atoms with E-state index in [9.17, 15) is 43.5 Å². The summed E-state index contributed by atoms with van der Waals surface area (Å²) in [5.41, 5.74) is 5.65. The smallest absolute Gasteiger partial charge is 0.303 e. The highest BCUT2D eigenvalue weighted by Gasteiger charge is 2.59. The first-order chi connectivity index (χ1) is 29.2. The predicted molar refractivity (Wildman–Crippen MR) is 202 cm³/mol. The van der Waals surface area contributed by atoms with Gasteiger partial charge in [-0.15, -0.1) is 13.2 Å². The normalized spacial score (nSPS) is 32.2. The number of hydrogen-bond acceptors (Lipinski definition) is 21. The van der Waals surface area contributed by atoms with Gasteiger partial charge in [0.15, 0.2) is 55.5 Å². The van der Waals surface area contributed by atoms with Crippen LogP contribution in [-0.4, -0.2) is 171 Å². The highest BCUT2D eigenvalue weighted by atomic mass is 16.8. The SMILES string of the molecule is C=CCO[C@H]1OC([C@H](OCC=C)C(N)=O)[C@H](OC(C)=O)[C@H]1O[C@@H]1O[C@H](CO)[C@@H](O[C@@H]2O[C@H](COC(C)=O)[C@@H](OC(C)=O)[C@H](OC(C)=O)[C@H]2NC(C)=O)[C@H](OC(C)=O)[C@H]1NC(C)=O. The standard InChI is InChI=1S/C38H55N3O21/c1-10-12-51-33(35(39)50)31-32(57-22(9)49)34(38(61-31)52-13-11-2)62-36-25(40-16(3)43)29(55-20(7)47)27(23(14-42)58-36)60-37-26(41-17(4)44)30(56-21(8)48)28(54-19(6)46)24(59-37)15-53-18(5)45/h10-11,23-34,36-38,42H,1-2,12-15H2,3-9H3,(H2,39,50)(H,40,43)(H,41,44)/t23-,24-,25-,26-,27-,28-,29-,30-,31?,32+,33+,34-,36+,37+,38+/m1/s1. The van der Waals surface area contributed by atoms with Crippen LogP contribution >= 0.6 is 0 Å². The van der Waals surface area contributed by atoms with E-state index >= 15 is 0 Å². The van der Waals surface area contributed by atoms with E-state index < -0.39 is 153 Å². The third-order valence-corrected chi connectivity index (χ3v) is 9.01. The van der Waals surface area contributed by atoms with Crippen molar-refractivity contribution in [1.29, 1.82) is 0 Å². The van der Waals surface area contributed by atoms with Crippen molar-refractivity contribution in [3.8, 4) is 0 Å². The highest BCUT2D eigenvalue weighted by Crippen LogP contribution is 2.37. The topological polar surface area (TPSA) is 318 Å². The van der Waals surface area contributed by atoms with Crippen molar-refractivity contribution in [2.45, 2.75) is 140 Å². The molecule has 0 aromatic rings. The van der Waals surface area contributed by atoms with Gasteiger partial charge in [0.2, 0.25) is 17.7 Å². The fourth-order valence-corrected chi connectivity index (χ4v) is 6.94. The van der Waals surface area contributed by atoms with Gasteiger partial charge in [-0.25, -0.2) is 0 Å². The summed E-state index contributed by atoms with van der Waals surface area (Å²) in [6.45, 7) is 12.7. The first kappa shape index (κ1) is 51.3. The van der Waals surface area contributed by atoms with Crippen LogP contribution in [0.5, 0.6) is 0 Å². The van der Waals surface area contributed by atoms with E-state index in [1.54, 1.807) is 0 Å². The van der Waals surface area contributed by atoms with Crippen molar-refractivity contribution < 1.29 is 100 Å². The first-order valence-electron chi connectivity index (χ1n) is 19.2. The molecule has 348 valence electrons. The van der Waals surface area contributed by atoms with Crippen molar-refractivity contribution in [2.75, 3.05) is 26.4 Å². The average molecular weight is 890 g/mol. The molecule has 3 aliphatic rings. The summed E-state index contributed by atoms with van der Waals surface area (Å²) in [4.78, 5) is 100. The number of primary amides is 1. The molecule has 0 aromatic heterocycles. The van der Waals surface area contributed by atoms with Gasteiger partial charge in [-0.05, 0) is 0 Å².